The molecule has 0 aromatic carbocycles. The average molecular weight is 149 g/mol. The molecule has 0 saturated heterocycles. The van der Waals surface area contributed by atoms with E-state index < -0.39 is 0 Å². The molecule has 0 aliphatic carbocycles. The molecular weight excluding hydrogens is 138 g/mol. The van der Waals surface area contributed by atoms with E-state index in [2.05, 4.69) is 22.2 Å². The smallest absolute Gasteiger partial charge is 0.133 e. The Morgan fingerprint density at radius 1 is 1.64 bits per heavy atom. The van der Waals surface area contributed by atoms with Crippen LogP contribution in [0.3, 0.4) is 0 Å². The molecule has 1 aromatic rings. The lowest BCUT2D eigenvalue weighted by atomic mass is 10.2. The number of aryl methyl sites for hydroxylation is 1. The molecule has 3 nitrogen and oxygen atoms in total. The van der Waals surface area contributed by atoms with Gasteiger partial charge in [-0.25, -0.2) is 9.97 Å². The van der Waals surface area contributed by atoms with Crippen molar-refractivity contribution in [2.45, 2.75) is 26.3 Å². The molecule has 1 atom stereocenters. The van der Waals surface area contributed by atoms with E-state index >= 15 is 0 Å². The van der Waals surface area contributed by atoms with Gasteiger partial charge in [0.25, 0.3) is 0 Å². The van der Waals surface area contributed by atoms with Crippen molar-refractivity contribution < 1.29 is 0 Å². The number of hydrogen-bond acceptors (Lipinski definition) is 3. The van der Waals surface area contributed by atoms with Crippen LogP contribution < -0.4 is 5.32 Å². The Labute approximate surface area is 65.9 Å². The van der Waals surface area contributed by atoms with E-state index in [4.69, 9.17) is 0 Å². The van der Waals surface area contributed by atoms with Crippen molar-refractivity contribution >= 4 is 5.82 Å². The summed E-state index contributed by atoms with van der Waals surface area (Å²) in [7, 11) is 0. The molecule has 2 heterocycles. The molecule has 2 rings (SSSR count). The van der Waals surface area contributed by atoms with Gasteiger partial charge in [0, 0.05) is 17.8 Å². The van der Waals surface area contributed by atoms with E-state index in [1.807, 2.05) is 13.1 Å². The molecule has 3 heteroatoms. The van der Waals surface area contributed by atoms with Crippen molar-refractivity contribution in [3.05, 3.63) is 17.6 Å². The highest BCUT2D eigenvalue weighted by Gasteiger charge is 2.17. The number of hydrogen-bond donors (Lipinski definition) is 1. The first-order chi connectivity index (χ1) is 5.25. The van der Waals surface area contributed by atoms with Crippen molar-refractivity contribution in [1.82, 2.24) is 9.97 Å². The summed E-state index contributed by atoms with van der Waals surface area (Å²) in [5.74, 6) is 1.86. The number of rotatable bonds is 0. The van der Waals surface area contributed by atoms with Crippen LogP contribution in [0.4, 0.5) is 5.82 Å². The quantitative estimate of drug-likeness (QED) is 0.601. The lowest BCUT2D eigenvalue weighted by molar-refractivity contribution is 0.837. The van der Waals surface area contributed by atoms with Crippen LogP contribution in [0.15, 0.2) is 6.20 Å². The van der Waals surface area contributed by atoms with Gasteiger partial charge in [-0.3, -0.25) is 0 Å². The van der Waals surface area contributed by atoms with Crippen molar-refractivity contribution in [3.8, 4) is 0 Å². The second kappa shape index (κ2) is 2.19. The number of fused-ring (bicyclic) bond motifs is 1. The number of nitrogens with one attached hydrogen (secondary N) is 1. The van der Waals surface area contributed by atoms with Crippen LogP contribution in [0, 0.1) is 6.92 Å². The predicted molar refractivity (Wildman–Crippen MR) is 43.6 cm³/mol. The molecule has 11 heavy (non-hydrogen) atoms. The first kappa shape index (κ1) is 6.58. The highest BCUT2D eigenvalue weighted by molar-refractivity contribution is 5.49. The monoisotopic (exact) mass is 149 g/mol. The summed E-state index contributed by atoms with van der Waals surface area (Å²) >= 11 is 0. The molecule has 0 radical (unpaired) electrons. The van der Waals surface area contributed by atoms with Gasteiger partial charge in [-0.1, -0.05) is 0 Å². The minimum absolute atomic E-state index is 0.515. The Hall–Kier alpha value is -1.12. The van der Waals surface area contributed by atoms with Gasteiger partial charge < -0.3 is 5.32 Å². The summed E-state index contributed by atoms with van der Waals surface area (Å²) < 4.78 is 0. The van der Waals surface area contributed by atoms with Gasteiger partial charge in [-0.05, 0) is 20.3 Å². The Morgan fingerprint density at radius 3 is 3.27 bits per heavy atom. The third-order valence-electron chi connectivity index (χ3n) is 1.89. The predicted octanol–water partition coefficient (Wildman–Crippen LogP) is 1.14. The summed E-state index contributed by atoms with van der Waals surface area (Å²) in [6, 6.07) is 0.515. The summed E-state index contributed by atoms with van der Waals surface area (Å²) in [6.07, 6.45) is 2.96. The van der Waals surface area contributed by atoms with E-state index in [0.29, 0.717) is 6.04 Å². The first-order valence-electron chi connectivity index (χ1n) is 3.85. The zero-order chi connectivity index (χ0) is 7.84. The molecule has 1 aromatic heterocycles. The summed E-state index contributed by atoms with van der Waals surface area (Å²) in [5, 5.41) is 3.29. The van der Waals surface area contributed by atoms with Gasteiger partial charge >= 0.3 is 0 Å². The Balaban J connectivity index is 2.43. The fraction of sp³-hybridized carbons (Fsp3) is 0.500. The molecule has 58 valence electrons. The maximum absolute atomic E-state index is 4.28. The highest BCUT2D eigenvalue weighted by atomic mass is 15.1. The van der Waals surface area contributed by atoms with Crippen LogP contribution in [0.2, 0.25) is 0 Å². The fourth-order valence-corrected chi connectivity index (χ4v) is 1.38. The SMILES string of the molecule is Cc1ncc2c(n1)NC(C)C2. The van der Waals surface area contributed by atoms with E-state index in [-0.39, 0.29) is 0 Å². The molecule has 1 aliphatic heterocycles. The van der Waals surface area contributed by atoms with Crippen molar-refractivity contribution in [2.24, 2.45) is 0 Å². The lowest BCUT2D eigenvalue weighted by Crippen LogP contribution is -2.09. The van der Waals surface area contributed by atoms with Gasteiger partial charge in [0.1, 0.15) is 11.6 Å². The minimum atomic E-state index is 0.515. The van der Waals surface area contributed by atoms with E-state index in [1.54, 1.807) is 0 Å². The van der Waals surface area contributed by atoms with Crippen LogP contribution >= 0.6 is 0 Å². The molecule has 1 unspecified atom stereocenters. The zero-order valence-corrected chi connectivity index (χ0v) is 6.76. The molecule has 0 bridgehead atoms. The van der Waals surface area contributed by atoms with Crippen molar-refractivity contribution in [2.75, 3.05) is 5.32 Å². The summed E-state index contributed by atoms with van der Waals surface area (Å²) in [6.45, 7) is 4.06. The topological polar surface area (TPSA) is 37.8 Å². The molecule has 0 fully saturated rings. The summed E-state index contributed by atoms with van der Waals surface area (Å²) in [5.41, 5.74) is 1.24. The Morgan fingerprint density at radius 2 is 2.45 bits per heavy atom. The van der Waals surface area contributed by atoms with Crippen LogP contribution in [0.1, 0.15) is 18.3 Å². The Bertz CT molecular complexity index is 283. The van der Waals surface area contributed by atoms with Crippen LogP contribution in [0.5, 0.6) is 0 Å². The zero-order valence-electron chi connectivity index (χ0n) is 6.76. The molecule has 1 N–H and O–H groups in total. The fourth-order valence-electron chi connectivity index (χ4n) is 1.38. The van der Waals surface area contributed by atoms with Gasteiger partial charge in [-0.15, -0.1) is 0 Å². The molecular formula is C8H11N3. The van der Waals surface area contributed by atoms with Gasteiger partial charge in [0.2, 0.25) is 0 Å². The second-order valence-corrected chi connectivity index (χ2v) is 3.04. The largest absolute Gasteiger partial charge is 0.367 e. The number of anilines is 1. The van der Waals surface area contributed by atoms with E-state index in [9.17, 15) is 0 Å². The maximum Gasteiger partial charge on any atom is 0.133 e. The second-order valence-electron chi connectivity index (χ2n) is 3.04. The van der Waals surface area contributed by atoms with Crippen LogP contribution in [-0.4, -0.2) is 16.0 Å². The Kier molecular flexibility index (Phi) is 1.31. The van der Waals surface area contributed by atoms with Crippen molar-refractivity contribution in [3.63, 3.8) is 0 Å². The lowest BCUT2D eigenvalue weighted by Gasteiger charge is -2.00. The van der Waals surface area contributed by atoms with Gasteiger partial charge in [-0.2, -0.15) is 0 Å². The van der Waals surface area contributed by atoms with E-state index in [0.717, 1.165) is 18.1 Å². The third kappa shape index (κ3) is 1.06. The van der Waals surface area contributed by atoms with Crippen molar-refractivity contribution in [1.29, 1.82) is 0 Å². The molecule has 0 saturated carbocycles. The number of nitrogens with zero attached hydrogens (tertiary/aromatic N) is 2. The summed E-state index contributed by atoms with van der Waals surface area (Å²) in [4.78, 5) is 8.42. The number of aromatic nitrogens is 2. The van der Waals surface area contributed by atoms with E-state index in [1.165, 1.54) is 5.56 Å². The van der Waals surface area contributed by atoms with Gasteiger partial charge in [0.15, 0.2) is 0 Å². The molecule has 1 aliphatic rings. The average Bonchev–Trinajstić information content (AvgIpc) is 2.27. The molecule has 0 spiro atoms. The minimum Gasteiger partial charge on any atom is -0.367 e. The maximum atomic E-state index is 4.28. The normalized spacial score (nSPS) is 21.1. The molecule has 0 amide bonds. The standard InChI is InChI=1S/C8H11N3/c1-5-3-7-4-9-6(2)11-8(7)10-5/h4-5H,3H2,1-2H3,(H,9,10,11). The van der Waals surface area contributed by atoms with Crippen LogP contribution in [0.25, 0.3) is 0 Å². The first-order valence-corrected chi connectivity index (χ1v) is 3.85. The van der Waals surface area contributed by atoms with Gasteiger partial charge in [0.05, 0.1) is 0 Å². The van der Waals surface area contributed by atoms with Crippen LogP contribution in [-0.2, 0) is 6.42 Å². The highest BCUT2D eigenvalue weighted by Crippen LogP contribution is 2.21. The third-order valence-corrected chi connectivity index (χ3v) is 1.89.